The van der Waals surface area contributed by atoms with E-state index in [0.29, 0.717) is 5.75 Å². The summed E-state index contributed by atoms with van der Waals surface area (Å²) in [5.74, 6) is -2.29. The Morgan fingerprint density at radius 3 is 2.55 bits per heavy atom. The number of carbonyl (C=O) groups is 3. The third-order valence-electron chi connectivity index (χ3n) is 5.23. The van der Waals surface area contributed by atoms with Crippen molar-refractivity contribution >= 4 is 40.7 Å². The van der Waals surface area contributed by atoms with Gasteiger partial charge in [-0.25, -0.2) is 4.79 Å². The zero-order valence-electron chi connectivity index (χ0n) is 17.6. The lowest BCUT2D eigenvalue weighted by Gasteiger charge is -2.23. The Labute approximate surface area is 193 Å². The van der Waals surface area contributed by atoms with Gasteiger partial charge < -0.3 is 19.0 Å². The summed E-state index contributed by atoms with van der Waals surface area (Å²) < 4.78 is 15.5. The van der Waals surface area contributed by atoms with E-state index < -0.39 is 29.5 Å². The van der Waals surface area contributed by atoms with Gasteiger partial charge in [-0.05, 0) is 48.5 Å². The molecule has 1 unspecified atom stereocenters. The predicted octanol–water partition coefficient (Wildman–Crippen LogP) is 4.35. The lowest BCUT2D eigenvalue weighted by Crippen LogP contribution is -2.29. The van der Waals surface area contributed by atoms with Gasteiger partial charge in [-0.1, -0.05) is 17.7 Å². The van der Waals surface area contributed by atoms with Crippen molar-refractivity contribution in [3.63, 3.8) is 0 Å². The minimum Gasteiger partial charge on any atom is -0.507 e. The van der Waals surface area contributed by atoms with Crippen LogP contribution in [0.1, 0.15) is 27.7 Å². The van der Waals surface area contributed by atoms with Crippen molar-refractivity contribution in [2.24, 2.45) is 0 Å². The largest absolute Gasteiger partial charge is 0.507 e. The molecule has 1 aromatic heterocycles. The average Bonchev–Trinajstić information content (AvgIpc) is 3.45. The number of ketones is 1. The maximum atomic E-state index is 13.1. The molecule has 1 atom stereocenters. The van der Waals surface area contributed by atoms with E-state index >= 15 is 0 Å². The van der Waals surface area contributed by atoms with Gasteiger partial charge in [0, 0.05) is 11.3 Å². The van der Waals surface area contributed by atoms with E-state index in [2.05, 4.69) is 0 Å². The van der Waals surface area contributed by atoms with Crippen LogP contribution in [0.3, 0.4) is 0 Å². The Kier molecular flexibility index (Phi) is 5.93. The monoisotopic (exact) mass is 467 g/mol. The van der Waals surface area contributed by atoms with Crippen LogP contribution in [0, 0.1) is 0 Å². The molecular weight excluding hydrogens is 450 g/mol. The molecule has 3 aromatic rings. The highest BCUT2D eigenvalue weighted by Gasteiger charge is 2.48. The van der Waals surface area contributed by atoms with Crippen LogP contribution < -0.4 is 9.64 Å². The summed E-state index contributed by atoms with van der Waals surface area (Å²) >= 11 is 6.27. The number of aliphatic hydroxyl groups is 1. The van der Waals surface area contributed by atoms with Gasteiger partial charge in [0.15, 0.2) is 0 Å². The van der Waals surface area contributed by atoms with Crippen LogP contribution in [0.25, 0.3) is 5.76 Å². The highest BCUT2D eigenvalue weighted by Crippen LogP contribution is 2.43. The number of esters is 1. The number of Topliss-reactive ketones (excluding diaryl/α,β-unsaturated/α-hetero) is 1. The number of carbonyl (C=O) groups excluding carboxylic acids is 3. The molecule has 1 saturated heterocycles. The number of nitrogens with zero attached hydrogens (tertiary/aromatic N) is 1. The van der Waals surface area contributed by atoms with E-state index in [4.69, 9.17) is 25.5 Å². The van der Waals surface area contributed by atoms with Gasteiger partial charge in [-0.15, -0.1) is 0 Å². The van der Waals surface area contributed by atoms with Gasteiger partial charge in [0.1, 0.15) is 23.3 Å². The lowest BCUT2D eigenvalue weighted by atomic mass is 9.99. The van der Waals surface area contributed by atoms with Crippen LogP contribution >= 0.6 is 11.6 Å². The molecule has 4 rings (SSSR count). The first kappa shape index (κ1) is 22.2. The fraction of sp³-hybridized carbons (Fsp3) is 0.125. The van der Waals surface area contributed by atoms with E-state index in [1.807, 2.05) is 0 Å². The Morgan fingerprint density at radius 2 is 1.88 bits per heavy atom. The number of benzene rings is 2. The van der Waals surface area contributed by atoms with Crippen molar-refractivity contribution < 1.29 is 33.4 Å². The van der Waals surface area contributed by atoms with Crippen molar-refractivity contribution in [3.8, 4) is 5.75 Å². The lowest BCUT2D eigenvalue weighted by molar-refractivity contribution is -0.132. The first-order valence-electron chi connectivity index (χ1n) is 9.74. The molecule has 1 aliphatic heterocycles. The van der Waals surface area contributed by atoms with Gasteiger partial charge in [0.25, 0.3) is 11.7 Å². The van der Waals surface area contributed by atoms with E-state index in [0.717, 1.165) is 4.90 Å². The standard InChI is InChI=1S/C24H18ClNO7/c1-31-15-8-9-17(25)16(12-15)21(27)19-20(18-7-4-10-33-18)26(23(29)22(19)28)14-6-3-5-13(11-14)24(30)32-2/h3-12,20,27H,1-2H3/b21-19-. The number of halogens is 1. The van der Waals surface area contributed by atoms with Crippen molar-refractivity contribution in [2.75, 3.05) is 19.1 Å². The summed E-state index contributed by atoms with van der Waals surface area (Å²) in [6.45, 7) is 0. The molecule has 33 heavy (non-hydrogen) atoms. The molecule has 0 saturated carbocycles. The first-order valence-corrected chi connectivity index (χ1v) is 10.1. The molecule has 0 spiro atoms. The molecule has 8 nitrogen and oxygen atoms in total. The zero-order valence-corrected chi connectivity index (χ0v) is 18.3. The summed E-state index contributed by atoms with van der Waals surface area (Å²) in [7, 11) is 2.69. The third-order valence-corrected chi connectivity index (χ3v) is 5.56. The van der Waals surface area contributed by atoms with Crippen LogP contribution in [0.5, 0.6) is 5.75 Å². The normalized spacial score (nSPS) is 17.3. The molecule has 1 N–H and O–H groups in total. The molecular formula is C24H18ClNO7. The van der Waals surface area contributed by atoms with Crippen molar-refractivity contribution in [2.45, 2.75) is 6.04 Å². The van der Waals surface area contributed by atoms with Gasteiger partial charge in [0.2, 0.25) is 0 Å². The second kappa shape index (κ2) is 8.84. The average molecular weight is 468 g/mol. The number of amides is 1. The second-order valence-corrected chi connectivity index (χ2v) is 7.48. The maximum absolute atomic E-state index is 13.1. The minimum atomic E-state index is -1.10. The fourth-order valence-corrected chi connectivity index (χ4v) is 3.88. The van der Waals surface area contributed by atoms with Crippen LogP contribution in [0.15, 0.2) is 70.9 Å². The van der Waals surface area contributed by atoms with E-state index in [-0.39, 0.29) is 33.2 Å². The van der Waals surface area contributed by atoms with E-state index in [9.17, 15) is 19.5 Å². The maximum Gasteiger partial charge on any atom is 0.337 e. The molecule has 2 aromatic carbocycles. The number of rotatable bonds is 5. The van der Waals surface area contributed by atoms with Crippen LogP contribution in [0.4, 0.5) is 5.69 Å². The van der Waals surface area contributed by atoms with Crippen LogP contribution in [-0.4, -0.2) is 37.0 Å². The summed E-state index contributed by atoms with van der Waals surface area (Å²) in [6, 6.07) is 12.7. The van der Waals surface area contributed by atoms with Crippen molar-refractivity contribution in [1.29, 1.82) is 0 Å². The number of aliphatic hydroxyl groups excluding tert-OH is 1. The molecule has 168 valence electrons. The SMILES string of the molecule is COC(=O)c1cccc(N2C(=O)C(=O)/C(=C(\O)c3cc(OC)ccc3Cl)C2c2ccco2)c1. The quantitative estimate of drug-likeness (QED) is 0.257. The Balaban J connectivity index is 1.93. The van der Waals surface area contributed by atoms with Gasteiger partial charge in [-0.3, -0.25) is 14.5 Å². The van der Waals surface area contributed by atoms with Crippen LogP contribution in [0.2, 0.25) is 5.02 Å². The zero-order chi connectivity index (χ0) is 23.7. The number of hydrogen-bond acceptors (Lipinski definition) is 7. The molecule has 0 bridgehead atoms. The van der Waals surface area contributed by atoms with E-state index in [1.165, 1.54) is 44.7 Å². The molecule has 1 fully saturated rings. The number of ether oxygens (including phenoxy) is 2. The van der Waals surface area contributed by atoms with Gasteiger partial charge in [0.05, 0.1) is 36.6 Å². The van der Waals surface area contributed by atoms with E-state index in [1.54, 1.807) is 30.3 Å². The summed E-state index contributed by atoms with van der Waals surface area (Å²) in [5, 5.41) is 11.3. The Hall–Kier alpha value is -4.04. The predicted molar refractivity (Wildman–Crippen MR) is 119 cm³/mol. The molecule has 9 heteroatoms. The number of hydrogen-bond donors (Lipinski definition) is 1. The first-order chi connectivity index (χ1) is 15.9. The number of furan rings is 1. The second-order valence-electron chi connectivity index (χ2n) is 7.07. The summed E-state index contributed by atoms with van der Waals surface area (Å²) in [5.41, 5.74) is 0.339. The minimum absolute atomic E-state index is 0.119. The number of methoxy groups -OCH3 is 2. The summed E-state index contributed by atoms with van der Waals surface area (Å²) in [6.07, 6.45) is 1.39. The molecule has 1 amide bonds. The number of anilines is 1. The molecule has 0 aliphatic carbocycles. The topological polar surface area (TPSA) is 106 Å². The van der Waals surface area contributed by atoms with Crippen molar-refractivity contribution in [1.82, 2.24) is 0 Å². The van der Waals surface area contributed by atoms with Gasteiger partial charge in [-0.2, -0.15) is 0 Å². The highest BCUT2D eigenvalue weighted by atomic mass is 35.5. The third kappa shape index (κ3) is 3.85. The smallest absolute Gasteiger partial charge is 0.337 e. The fourth-order valence-electron chi connectivity index (χ4n) is 3.67. The molecule has 2 heterocycles. The Bertz CT molecular complexity index is 1280. The Morgan fingerprint density at radius 1 is 1.09 bits per heavy atom. The highest BCUT2D eigenvalue weighted by molar-refractivity contribution is 6.52. The van der Waals surface area contributed by atoms with Gasteiger partial charge >= 0.3 is 5.97 Å². The molecule has 0 radical (unpaired) electrons. The summed E-state index contributed by atoms with van der Waals surface area (Å²) in [4.78, 5) is 39.4. The van der Waals surface area contributed by atoms with Crippen LogP contribution in [-0.2, 0) is 14.3 Å². The molecule has 1 aliphatic rings. The van der Waals surface area contributed by atoms with Crippen molar-refractivity contribution in [3.05, 3.63) is 88.3 Å².